The Morgan fingerprint density at radius 3 is 2.34 bits per heavy atom. The molecule has 156 valence electrons. The van der Waals surface area contributed by atoms with Crippen LogP contribution < -0.4 is 0 Å². The van der Waals surface area contributed by atoms with Crippen LogP contribution in [0.4, 0.5) is 8.78 Å². The summed E-state index contributed by atoms with van der Waals surface area (Å²) in [7, 11) is -1.88. The van der Waals surface area contributed by atoms with Gasteiger partial charge in [-0.15, -0.1) is 0 Å². The largest absolute Gasteiger partial charge is 0.341 e. The van der Waals surface area contributed by atoms with Crippen LogP contribution in [0, 0.1) is 11.6 Å². The number of halogens is 2. The third-order valence-electron chi connectivity index (χ3n) is 5.10. The van der Waals surface area contributed by atoms with Crippen molar-refractivity contribution >= 4 is 15.9 Å². The predicted molar refractivity (Wildman–Crippen MR) is 106 cm³/mol. The van der Waals surface area contributed by atoms with E-state index in [0.29, 0.717) is 19.5 Å². The summed E-state index contributed by atoms with van der Waals surface area (Å²) < 4.78 is 53.3. The van der Waals surface area contributed by atoms with Crippen LogP contribution in [0.25, 0.3) is 0 Å². The van der Waals surface area contributed by atoms with Crippen LogP contribution in [-0.2, 0) is 27.8 Å². The lowest BCUT2D eigenvalue weighted by Crippen LogP contribution is -2.28. The minimum Gasteiger partial charge on any atom is -0.341 e. The van der Waals surface area contributed by atoms with E-state index in [4.69, 9.17) is 0 Å². The molecule has 1 aliphatic rings. The van der Waals surface area contributed by atoms with Gasteiger partial charge in [-0.1, -0.05) is 18.2 Å². The molecule has 0 N–H and O–H groups in total. The summed E-state index contributed by atoms with van der Waals surface area (Å²) in [4.78, 5) is 14.0. The second-order valence-electron chi connectivity index (χ2n) is 7.24. The molecule has 2 aromatic carbocycles. The summed E-state index contributed by atoms with van der Waals surface area (Å²) in [5.74, 6) is -1.52. The van der Waals surface area contributed by atoms with Gasteiger partial charge in [-0.25, -0.2) is 17.2 Å². The molecule has 1 amide bonds. The van der Waals surface area contributed by atoms with Crippen molar-refractivity contribution in [2.24, 2.45) is 0 Å². The van der Waals surface area contributed by atoms with Crippen molar-refractivity contribution in [3.63, 3.8) is 0 Å². The van der Waals surface area contributed by atoms with Gasteiger partial charge in [0.2, 0.25) is 15.9 Å². The summed E-state index contributed by atoms with van der Waals surface area (Å²) in [5, 5.41) is 0. The molecule has 0 aromatic heterocycles. The maximum atomic E-state index is 13.7. The molecular formula is C21H24F2N2O3S. The van der Waals surface area contributed by atoms with Crippen LogP contribution in [-0.4, -0.2) is 43.7 Å². The Hall–Kier alpha value is -2.32. The predicted octanol–water partition coefficient (Wildman–Crippen LogP) is 3.34. The molecule has 1 saturated heterocycles. The van der Waals surface area contributed by atoms with E-state index in [1.54, 1.807) is 31.3 Å². The van der Waals surface area contributed by atoms with Gasteiger partial charge in [0, 0.05) is 44.7 Å². The Balaban J connectivity index is 1.56. The van der Waals surface area contributed by atoms with E-state index >= 15 is 0 Å². The average molecular weight is 422 g/mol. The summed E-state index contributed by atoms with van der Waals surface area (Å²) in [6.45, 7) is 1.16. The van der Waals surface area contributed by atoms with Crippen molar-refractivity contribution in [3.8, 4) is 0 Å². The molecule has 0 unspecified atom stereocenters. The number of benzene rings is 2. The minimum atomic E-state index is -3.45. The molecule has 0 spiro atoms. The van der Waals surface area contributed by atoms with Crippen LogP contribution in [0.2, 0.25) is 0 Å². The van der Waals surface area contributed by atoms with Gasteiger partial charge in [0.05, 0.1) is 4.90 Å². The molecule has 5 nitrogen and oxygen atoms in total. The summed E-state index contributed by atoms with van der Waals surface area (Å²) >= 11 is 0. The molecule has 8 heteroatoms. The number of aryl methyl sites for hydroxylation is 1. The fourth-order valence-corrected chi connectivity index (χ4v) is 4.86. The summed E-state index contributed by atoms with van der Waals surface area (Å²) in [5.41, 5.74) is 1.10. The lowest BCUT2D eigenvalue weighted by Gasteiger charge is -2.18. The molecule has 0 radical (unpaired) electrons. The second-order valence-corrected chi connectivity index (χ2v) is 9.18. The van der Waals surface area contributed by atoms with E-state index in [0.717, 1.165) is 30.5 Å². The fraction of sp³-hybridized carbons (Fsp3) is 0.381. The highest BCUT2D eigenvalue weighted by atomic mass is 32.2. The van der Waals surface area contributed by atoms with E-state index in [1.165, 1.54) is 15.3 Å². The highest BCUT2D eigenvalue weighted by Gasteiger charge is 2.26. The number of nitrogens with zero attached hydrogens (tertiary/aromatic N) is 2. The number of amides is 1. The second kappa shape index (κ2) is 9.00. The average Bonchev–Trinajstić information content (AvgIpc) is 3.24. The van der Waals surface area contributed by atoms with Gasteiger partial charge in [0.15, 0.2) is 0 Å². The highest BCUT2D eigenvalue weighted by molar-refractivity contribution is 7.89. The van der Waals surface area contributed by atoms with Crippen LogP contribution in [0.1, 0.15) is 30.4 Å². The number of hydrogen-bond donors (Lipinski definition) is 0. The molecule has 0 bridgehead atoms. The Morgan fingerprint density at radius 1 is 1.07 bits per heavy atom. The first-order chi connectivity index (χ1) is 13.8. The van der Waals surface area contributed by atoms with Crippen LogP contribution in [0.3, 0.4) is 0 Å². The van der Waals surface area contributed by atoms with Crippen molar-refractivity contribution in [2.75, 3.05) is 20.1 Å². The first kappa shape index (κ1) is 21.4. The lowest BCUT2D eigenvalue weighted by molar-refractivity contribution is -0.130. The molecule has 1 fully saturated rings. The smallest absolute Gasteiger partial charge is 0.243 e. The van der Waals surface area contributed by atoms with Gasteiger partial charge in [-0.3, -0.25) is 4.79 Å². The van der Waals surface area contributed by atoms with Crippen molar-refractivity contribution in [1.82, 2.24) is 9.21 Å². The number of rotatable bonds is 7. The lowest BCUT2D eigenvalue weighted by atomic mass is 10.1. The number of hydrogen-bond acceptors (Lipinski definition) is 3. The Bertz CT molecular complexity index is 972. The molecule has 3 rings (SSSR count). The monoisotopic (exact) mass is 422 g/mol. The molecule has 1 aliphatic heterocycles. The molecule has 0 atom stereocenters. The first-order valence-electron chi connectivity index (χ1n) is 9.54. The Kier molecular flexibility index (Phi) is 6.64. The third-order valence-corrected chi connectivity index (χ3v) is 7.01. The van der Waals surface area contributed by atoms with Crippen molar-refractivity contribution < 1.29 is 22.0 Å². The standard InChI is InChI=1S/C21H24F2N2O3S/c1-24(15-17-7-8-18(22)14-20(17)23)21(26)11-6-16-4-9-19(10-5-16)29(27,28)25-12-2-3-13-25/h4-5,7-10,14H,2-3,6,11-13,15H2,1H3. The zero-order valence-corrected chi connectivity index (χ0v) is 17.1. The van der Waals surface area contributed by atoms with Gasteiger partial charge in [0.1, 0.15) is 11.6 Å². The van der Waals surface area contributed by atoms with Crippen LogP contribution in [0.15, 0.2) is 47.4 Å². The third kappa shape index (κ3) is 5.19. The van der Waals surface area contributed by atoms with E-state index < -0.39 is 21.7 Å². The molecular weight excluding hydrogens is 398 g/mol. The fourth-order valence-electron chi connectivity index (χ4n) is 3.34. The summed E-state index contributed by atoms with van der Waals surface area (Å²) in [6, 6.07) is 9.87. The van der Waals surface area contributed by atoms with Crippen molar-refractivity contribution in [2.45, 2.75) is 37.1 Å². The van der Waals surface area contributed by atoms with Crippen molar-refractivity contribution in [1.29, 1.82) is 0 Å². The number of carbonyl (C=O) groups is 1. The van der Waals surface area contributed by atoms with E-state index in [9.17, 15) is 22.0 Å². The van der Waals surface area contributed by atoms with Gasteiger partial charge >= 0.3 is 0 Å². The van der Waals surface area contributed by atoms with Gasteiger partial charge in [0.25, 0.3) is 0 Å². The molecule has 0 aliphatic carbocycles. The number of carbonyl (C=O) groups excluding carboxylic acids is 1. The van der Waals surface area contributed by atoms with E-state index in [2.05, 4.69) is 0 Å². The normalized spacial score (nSPS) is 14.9. The van der Waals surface area contributed by atoms with Gasteiger partial charge in [-0.2, -0.15) is 4.31 Å². The quantitative estimate of drug-likeness (QED) is 0.688. The van der Waals surface area contributed by atoms with Gasteiger partial charge < -0.3 is 4.90 Å². The minimum absolute atomic E-state index is 0.0535. The topological polar surface area (TPSA) is 57.7 Å². The maximum absolute atomic E-state index is 13.7. The first-order valence-corrected chi connectivity index (χ1v) is 11.0. The van der Waals surface area contributed by atoms with Crippen molar-refractivity contribution in [3.05, 3.63) is 65.2 Å². The maximum Gasteiger partial charge on any atom is 0.243 e. The zero-order chi connectivity index (χ0) is 21.0. The van der Waals surface area contributed by atoms with E-state index in [-0.39, 0.29) is 29.3 Å². The van der Waals surface area contributed by atoms with Gasteiger partial charge in [-0.05, 0) is 43.0 Å². The molecule has 2 aromatic rings. The highest BCUT2D eigenvalue weighted by Crippen LogP contribution is 2.21. The molecule has 0 saturated carbocycles. The molecule has 1 heterocycles. The SMILES string of the molecule is CN(Cc1ccc(F)cc1F)C(=O)CCc1ccc(S(=O)(=O)N2CCCC2)cc1. The van der Waals surface area contributed by atoms with Crippen LogP contribution in [0.5, 0.6) is 0 Å². The summed E-state index contributed by atoms with van der Waals surface area (Å²) in [6.07, 6.45) is 2.42. The zero-order valence-electron chi connectivity index (χ0n) is 16.3. The van der Waals surface area contributed by atoms with E-state index in [1.807, 2.05) is 0 Å². The number of sulfonamides is 1. The molecule has 29 heavy (non-hydrogen) atoms. The Labute approximate surface area is 170 Å². The Morgan fingerprint density at radius 2 is 1.72 bits per heavy atom. The van der Waals surface area contributed by atoms with Crippen LogP contribution >= 0.6 is 0 Å².